The number of sulfonamides is 1. The molecular formula is C17H18BrClN2O4S. The molecular weight excluding hydrogens is 444 g/mol. The van der Waals surface area contributed by atoms with E-state index in [1.54, 1.807) is 42.5 Å². The van der Waals surface area contributed by atoms with Gasteiger partial charge in [0.1, 0.15) is 5.75 Å². The second-order valence-electron chi connectivity index (χ2n) is 5.37. The molecule has 0 spiro atoms. The first kappa shape index (κ1) is 20.7. The van der Waals surface area contributed by atoms with Crippen molar-refractivity contribution in [3.05, 3.63) is 63.1 Å². The van der Waals surface area contributed by atoms with Crippen LogP contribution in [0.15, 0.2) is 46.9 Å². The summed E-state index contributed by atoms with van der Waals surface area (Å²) < 4.78 is 31.9. The lowest BCUT2D eigenvalue weighted by atomic mass is 10.1. The van der Waals surface area contributed by atoms with Gasteiger partial charge in [0.05, 0.1) is 10.2 Å². The van der Waals surface area contributed by atoms with Crippen LogP contribution < -0.4 is 14.8 Å². The maximum Gasteiger partial charge on any atom is 0.258 e. The zero-order valence-electron chi connectivity index (χ0n) is 14.0. The third-order valence-electron chi connectivity index (χ3n) is 3.50. The van der Waals surface area contributed by atoms with E-state index in [1.165, 1.54) is 7.05 Å². The Hall–Kier alpha value is -1.61. The molecule has 1 amide bonds. The van der Waals surface area contributed by atoms with Gasteiger partial charge < -0.3 is 10.1 Å². The zero-order valence-corrected chi connectivity index (χ0v) is 17.1. The molecule has 0 aliphatic rings. The van der Waals surface area contributed by atoms with Crippen LogP contribution in [0.25, 0.3) is 0 Å². The van der Waals surface area contributed by atoms with Gasteiger partial charge in [0.2, 0.25) is 10.0 Å². The summed E-state index contributed by atoms with van der Waals surface area (Å²) in [5, 5.41) is 3.28. The van der Waals surface area contributed by atoms with Crippen molar-refractivity contribution in [2.45, 2.75) is 12.3 Å². The molecule has 0 aliphatic heterocycles. The standard InChI is InChI=1S/C17H18BrClN2O4S/c1-20-26(23,24)11-13-5-3-2-4-12(13)9-21-17(22)10-25-16-7-6-14(19)8-15(16)18/h2-8,20H,9-11H2,1H3,(H,21,22). The molecule has 0 radical (unpaired) electrons. The summed E-state index contributed by atoms with van der Waals surface area (Å²) in [6.07, 6.45) is 0. The van der Waals surface area contributed by atoms with Crippen LogP contribution >= 0.6 is 27.5 Å². The van der Waals surface area contributed by atoms with Gasteiger partial charge in [0, 0.05) is 11.6 Å². The summed E-state index contributed by atoms with van der Waals surface area (Å²) in [5.74, 6) is 0.0345. The number of carbonyl (C=O) groups is 1. The van der Waals surface area contributed by atoms with Crippen molar-refractivity contribution >= 4 is 43.5 Å². The fourth-order valence-corrected chi connectivity index (χ4v) is 3.76. The number of ether oxygens (including phenoxy) is 1. The Bertz CT molecular complexity index is 890. The minimum absolute atomic E-state index is 0.149. The lowest BCUT2D eigenvalue weighted by Crippen LogP contribution is -2.29. The summed E-state index contributed by atoms with van der Waals surface area (Å²) in [6.45, 7) is 0.0383. The van der Waals surface area contributed by atoms with Crippen molar-refractivity contribution in [3.63, 3.8) is 0 Å². The molecule has 2 aromatic carbocycles. The molecule has 0 saturated carbocycles. The number of rotatable bonds is 8. The molecule has 26 heavy (non-hydrogen) atoms. The number of halogens is 2. The van der Waals surface area contributed by atoms with Crippen molar-refractivity contribution in [2.24, 2.45) is 0 Å². The van der Waals surface area contributed by atoms with Crippen LogP contribution in [0.5, 0.6) is 5.75 Å². The first-order valence-electron chi connectivity index (χ1n) is 7.63. The predicted molar refractivity (Wildman–Crippen MR) is 105 cm³/mol. The maximum absolute atomic E-state index is 12.0. The van der Waals surface area contributed by atoms with Crippen LogP contribution in [0.1, 0.15) is 11.1 Å². The van der Waals surface area contributed by atoms with Gasteiger partial charge in [-0.2, -0.15) is 0 Å². The summed E-state index contributed by atoms with van der Waals surface area (Å²) >= 11 is 9.17. The highest BCUT2D eigenvalue weighted by Gasteiger charge is 2.13. The van der Waals surface area contributed by atoms with Gasteiger partial charge in [-0.3, -0.25) is 4.79 Å². The second kappa shape index (κ2) is 9.36. The predicted octanol–water partition coefficient (Wildman–Crippen LogP) is 2.85. The fraction of sp³-hybridized carbons (Fsp3) is 0.235. The summed E-state index contributed by atoms with van der Waals surface area (Å²) in [6, 6.07) is 12.0. The number of nitrogens with one attached hydrogen (secondary N) is 2. The number of amides is 1. The van der Waals surface area contributed by atoms with E-state index in [-0.39, 0.29) is 24.8 Å². The first-order valence-corrected chi connectivity index (χ1v) is 10.5. The molecule has 140 valence electrons. The quantitative estimate of drug-likeness (QED) is 0.633. The molecule has 0 bridgehead atoms. The molecule has 0 heterocycles. The van der Waals surface area contributed by atoms with E-state index in [1.807, 2.05) is 0 Å². The number of benzene rings is 2. The van der Waals surface area contributed by atoms with Crippen LogP contribution in [-0.4, -0.2) is 28.0 Å². The summed E-state index contributed by atoms with van der Waals surface area (Å²) in [4.78, 5) is 12.0. The van der Waals surface area contributed by atoms with Crippen LogP contribution in [0.2, 0.25) is 5.02 Å². The molecule has 0 unspecified atom stereocenters. The normalized spacial score (nSPS) is 11.2. The average Bonchev–Trinajstić information content (AvgIpc) is 2.60. The van der Waals surface area contributed by atoms with Crippen molar-refractivity contribution < 1.29 is 17.9 Å². The van der Waals surface area contributed by atoms with E-state index in [2.05, 4.69) is 26.0 Å². The van der Waals surface area contributed by atoms with Crippen molar-refractivity contribution in [1.82, 2.24) is 10.0 Å². The summed E-state index contributed by atoms with van der Waals surface area (Å²) in [7, 11) is -2.02. The second-order valence-corrected chi connectivity index (χ2v) is 8.59. The molecule has 0 fully saturated rings. The van der Waals surface area contributed by atoms with Gasteiger partial charge in [-0.05, 0) is 52.3 Å². The van der Waals surface area contributed by atoms with E-state index in [0.29, 0.717) is 20.8 Å². The molecule has 6 nitrogen and oxygen atoms in total. The lowest BCUT2D eigenvalue weighted by Gasteiger charge is -2.12. The minimum Gasteiger partial charge on any atom is -0.483 e. The Morgan fingerprint density at radius 2 is 1.88 bits per heavy atom. The van der Waals surface area contributed by atoms with E-state index in [9.17, 15) is 13.2 Å². The molecule has 9 heteroatoms. The Morgan fingerprint density at radius 3 is 2.54 bits per heavy atom. The third-order valence-corrected chi connectivity index (χ3v) is 5.67. The monoisotopic (exact) mass is 460 g/mol. The van der Waals surface area contributed by atoms with E-state index in [4.69, 9.17) is 16.3 Å². The lowest BCUT2D eigenvalue weighted by molar-refractivity contribution is -0.123. The number of hydrogen-bond acceptors (Lipinski definition) is 4. The Balaban J connectivity index is 1.93. The largest absolute Gasteiger partial charge is 0.483 e. The molecule has 0 saturated heterocycles. The number of hydrogen-bond donors (Lipinski definition) is 2. The Kier molecular flexibility index (Phi) is 7.45. The number of carbonyl (C=O) groups excluding carboxylic acids is 1. The Labute approximate surface area is 166 Å². The van der Waals surface area contributed by atoms with Crippen molar-refractivity contribution in [2.75, 3.05) is 13.7 Å². The molecule has 0 aliphatic carbocycles. The molecule has 0 aromatic heterocycles. The topological polar surface area (TPSA) is 84.5 Å². The molecule has 2 rings (SSSR count). The zero-order chi connectivity index (χ0) is 19.2. The Morgan fingerprint density at radius 1 is 1.19 bits per heavy atom. The van der Waals surface area contributed by atoms with Gasteiger partial charge in [-0.25, -0.2) is 13.1 Å². The fourth-order valence-electron chi connectivity index (χ4n) is 2.13. The van der Waals surface area contributed by atoms with Gasteiger partial charge in [-0.15, -0.1) is 0 Å². The van der Waals surface area contributed by atoms with E-state index >= 15 is 0 Å². The van der Waals surface area contributed by atoms with Crippen LogP contribution in [0.4, 0.5) is 0 Å². The van der Waals surface area contributed by atoms with E-state index in [0.717, 1.165) is 5.56 Å². The van der Waals surface area contributed by atoms with Crippen molar-refractivity contribution in [3.8, 4) is 5.75 Å². The molecule has 2 aromatic rings. The molecule has 2 N–H and O–H groups in total. The van der Waals surface area contributed by atoms with Gasteiger partial charge >= 0.3 is 0 Å². The van der Waals surface area contributed by atoms with Crippen molar-refractivity contribution in [1.29, 1.82) is 0 Å². The highest BCUT2D eigenvalue weighted by atomic mass is 79.9. The van der Waals surface area contributed by atoms with Crippen LogP contribution in [0, 0.1) is 0 Å². The highest BCUT2D eigenvalue weighted by Crippen LogP contribution is 2.27. The van der Waals surface area contributed by atoms with Gasteiger partial charge in [0.25, 0.3) is 5.91 Å². The molecule has 0 atom stereocenters. The first-order chi connectivity index (χ1) is 12.3. The third kappa shape index (κ3) is 6.28. The van der Waals surface area contributed by atoms with E-state index < -0.39 is 10.0 Å². The minimum atomic E-state index is -3.39. The van der Waals surface area contributed by atoms with Gasteiger partial charge in [-0.1, -0.05) is 35.9 Å². The van der Waals surface area contributed by atoms with Crippen LogP contribution in [-0.2, 0) is 27.1 Å². The average molecular weight is 462 g/mol. The maximum atomic E-state index is 12.0. The SMILES string of the molecule is CNS(=O)(=O)Cc1ccccc1CNC(=O)COc1ccc(Cl)cc1Br. The summed E-state index contributed by atoms with van der Waals surface area (Å²) in [5.41, 5.74) is 1.36. The smallest absolute Gasteiger partial charge is 0.258 e. The highest BCUT2D eigenvalue weighted by molar-refractivity contribution is 9.10. The van der Waals surface area contributed by atoms with Gasteiger partial charge in [0.15, 0.2) is 6.61 Å². The van der Waals surface area contributed by atoms with Crippen LogP contribution in [0.3, 0.4) is 0 Å².